The smallest absolute Gasteiger partial charge is 0.233 e. The van der Waals surface area contributed by atoms with Gasteiger partial charge in [-0.3, -0.25) is 4.79 Å². The van der Waals surface area contributed by atoms with Crippen molar-refractivity contribution in [2.75, 3.05) is 30.3 Å². The van der Waals surface area contributed by atoms with Crippen LogP contribution in [0.3, 0.4) is 0 Å². The van der Waals surface area contributed by atoms with Crippen LogP contribution in [0.2, 0.25) is 0 Å². The number of aromatic nitrogens is 2. The Labute approximate surface area is 104 Å². The molecular weight excluding hydrogens is 238 g/mol. The lowest BCUT2D eigenvalue weighted by atomic mass is 9.97. The average Bonchev–Trinajstić information content (AvgIpc) is 2.74. The van der Waals surface area contributed by atoms with Gasteiger partial charge in [0.15, 0.2) is 0 Å². The highest BCUT2D eigenvalue weighted by molar-refractivity contribution is 7.09. The Morgan fingerprint density at radius 2 is 2.29 bits per heavy atom. The standard InChI is InChI=1S/C10H17N5OS/c1-7(16)12-6-8-2-4-15(5-3-8)10-13-9(11)14-17-10/h8H,2-6H2,1H3,(H2,11,14)(H,12,16). The first kappa shape index (κ1) is 12.1. The number of rotatable bonds is 3. The van der Waals surface area contributed by atoms with Crippen LogP contribution in [0, 0.1) is 5.92 Å². The van der Waals surface area contributed by atoms with Gasteiger partial charge >= 0.3 is 0 Å². The van der Waals surface area contributed by atoms with Gasteiger partial charge in [0.25, 0.3) is 0 Å². The number of amides is 1. The number of nitrogens with one attached hydrogen (secondary N) is 1. The van der Waals surface area contributed by atoms with Gasteiger partial charge in [-0.05, 0) is 18.8 Å². The fraction of sp³-hybridized carbons (Fsp3) is 0.700. The van der Waals surface area contributed by atoms with Crippen molar-refractivity contribution in [1.82, 2.24) is 14.7 Å². The van der Waals surface area contributed by atoms with Gasteiger partial charge in [-0.25, -0.2) is 0 Å². The number of nitrogens with zero attached hydrogens (tertiary/aromatic N) is 3. The van der Waals surface area contributed by atoms with Crippen molar-refractivity contribution in [3.63, 3.8) is 0 Å². The summed E-state index contributed by atoms with van der Waals surface area (Å²) >= 11 is 1.35. The van der Waals surface area contributed by atoms with E-state index in [-0.39, 0.29) is 5.91 Å². The molecule has 2 rings (SSSR count). The van der Waals surface area contributed by atoms with Crippen LogP contribution in [0.5, 0.6) is 0 Å². The molecule has 1 fully saturated rings. The number of hydrogen-bond donors (Lipinski definition) is 2. The van der Waals surface area contributed by atoms with Crippen LogP contribution in [-0.4, -0.2) is 34.9 Å². The molecule has 1 saturated heterocycles. The lowest BCUT2D eigenvalue weighted by molar-refractivity contribution is -0.119. The summed E-state index contributed by atoms with van der Waals surface area (Å²) in [4.78, 5) is 17.2. The van der Waals surface area contributed by atoms with Crippen molar-refractivity contribution in [3.8, 4) is 0 Å². The molecule has 94 valence electrons. The topological polar surface area (TPSA) is 84.1 Å². The van der Waals surface area contributed by atoms with Crippen molar-refractivity contribution < 1.29 is 4.79 Å². The maximum Gasteiger partial charge on any atom is 0.233 e. The summed E-state index contributed by atoms with van der Waals surface area (Å²) in [6.45, 7) is 4.25. The number of nitrogen functional groups attached to an aromatic ring is 1. The largest absolute Gasteiger partial charge is 0.367 e. The van der Waals surface area contributed by atoms with E-state index >= 15 is 0 Å². The molecule has 0 spiro atoms. The minimum absolute atomic E-state index is 0.0457. The van der Waals surface area contributed by atoms with Gasteiger partial charge in [0.2, 0.25) is 17.0 Å². The van der Waals surface area contributed by atoms with Crippen LogP contribution in [0.15, 0.2) is 0 Å². The summed E-state index contributed by atoms with van der Waals surface area (Å²) in [5, 5.41) is 3.77. The van der Waals surface area contributed by atoms with Crippen LogP contribution in [0.4, 0.5) is 11.1 Å². The zero-order chi connectivity index (χ0) is 12.3. The Hall–Kier alpha value is -1.37. The average molecular weight is 255 g/mol. The predicted octanol–water partition coefficient (Wildman–Crippen LogP) is 0.473. The molecule has 17 heavy (non-hydrogen) atoms. The van der Waals surface area contributed by atoms with Gasteiger partial charge in [-0.1, -0.05) is 0 Å². The van der Waals surface area contributed by atoms with E-state index in [2.05, 4.69) is 19.6 Å². The minimum Gasteiger partial charge on any atom is -0.367 e. The highest BCUT2D eigenvalue weighted by Gasteiger charge is 2.21. The predicted molar refractivity (Wildman–Crippen MR) is 67.9 cm³/mol. The first-order valence-corrected chi connectivity index (χ1v) is 6.51. The van der Waals surface area contributed by atoms with Crippen molar-refractivity contribution in [3.05, 3.63) is 0 Å². The minimum atomic E-state index is 0.0457. The molecule has 1 aliphatic rings. The Morgan fingerprint density at radius 3 is 2.82 bits per heavy atom. The second-order valence-electron chi connectivity index (χ2n) is 4.30. The summed E-state index contributed by atoms with van der Waals surface area (Å²) in [5.74, 6) is 0.968. The molecule has 1 aromatic heterocycles. The maximum absolute atomic E-state index is 10.8. The molecule has 3 N–H and O–H groups in total. The first-order valence-electron chi connectivity index (χ1n) is 5.73. The molecule has 0 aromatic carbocycles. The summed E-state index contributed by atoms with van der Waals surface area (Å²) in [6.07, 6.45) is 2.14. The lowest BCUT2D eigenvalue weighted by Gasteiger charge is -2.31. The Bertz CT molecular complexity index is 386. The van der Waals surface area contributed by atoms with Gasteiger partial charge in [-0.2, -0.15) is 9.36 Å². The monoisotopic (exact) mass is 255 g/mol. The number of piperidine rings is 1. The Balaban J connectivity index is 1.80. The van der Waals surface area contributed by atoms with Crippen molar-refractivity contribution >= 4 is 28.5 Å². The molecule has 0 saturated carbocycles. The fourth-order valence-corrected chi connectivity index (χ4v) is 2.62. The van der Waals surface area contributed by atoms with Crippen molar-refractivity contribution in [2.24, 2.45) is 5.92 Å². The maximum atomic E-state index is 10.8. The molecule has 1 aliphatic heterocycles. The molecule has 2 heterocycles. The zero-order valence-electron chi connectivity index (χ0n) is 9.85. The van der Waals surface area contributed by atoms with Gasteiger partial charge in [-0.15, -0.1) is 0 Å². The van der Waals surface area contributed by atoms with E-state index in [1.165, 1.54) is 11.5 Å². The third kappa shape index (κ3) is 3.29. The highest BCUT2D eigenvalue weighted by atomic mass is 32.1. The molecule has 0 bridgehead atoms. The zero-order valence-corrected chi connectivity index (χ0v) is 10.7. The van der Waals surface area contributed by atoms with Crippen molar-refractivity contribution in [1.29, 1.82) is 0 Å². The van der Waals surface area contributed by atoms with Crippen LogP contribution < -0.4 is 16.0 Å². The van der Waals surface area contributed by atoms with Crippen molar-refractivity contribution in [2.45, 2.75) is 19.8 Å². The van der Waals surface area contributed by atoms with E-state index < -0.39 is 0 Å². The van der Waals surface area contributed by atoms with Crippen LogP contribution >= 0.6 is 11.5 Å². The number of nitrogens with two attached hydrogens (primary N) is 1. The lowest BCUT2D eigenvalue weighted by Crippen LogP contribution is -2.38. The summed E-state index contributed by atoms with van der Waals surface area (Å²) in [5.41, 5.74) is 5.51. The van der Waals surface area contributed by atoms with Gasteiger partial charge in [0, 0.05) is 38.1 Å². The van der Waals surface area contributed by atoms with Gasteiger partial charge in [0.1, 0.15) is 0 Å². The summed E-state index contributed by atoms with van der Waals surface area (Å²) < 4.78 is 3.98. The molecule has 0 aliphatic carbocycles. The molecule has 0 atom stereocenters. The molecule has 0 unspecified atom stereocenters. The SMILES string of the molecule is CC(=O)NCC1CCN(c2nc(N)ns2)CC1. The van der Waals surface area contributed by atoms with Gasteiger partial charge in [0.05, 0.1) is 0 Å². The molecule has 0 radical (unpaired) electrons. The second-order valence-corrected chi connectivity index (χ2v) is 5.03. The van der Waals surface area contributed by atoms with Crippen LogP contribution in [-0.2, 0) is 4.79 Å². The highest BCUT2D eigenvalue weighted by Crippen LogP contribution is 2.24. The quantitative estimate of drug-likeness (QED) is 0.820. The summed E-state index contributed by atoms with van der Waals surface area (Å²) in [7, 11) is 0. The van der Waals surface area contributed by atoms with E-state index in [9.17, 15) is 4.79 Å². The fourth-order valence-electron chi connectivity index (χ4n) is 1.97. The van der Waals surface area contributed by atoms with Crippen LogP contribution in [0.25, 0.3) is 0 Å². The van der Waals surface area contributed by atoms with E-state index in [1.54, 1.807) is 6.92 Å². The van der Waals surface area contributed by atoms with E-state index in [4.69, 9.17) is 5.73 Å². The number of carbonyl (C=O) groups excluding carboxylic acids is 1. The van der Waals surface area contributed by atoms with E-state index in [1.807, 2.05) is 0 Å². The first-order chi connectivity index (χ1) is 8.15. The van der Waals surface area contributed by atoms with Crippen LogP contribution in [0.1, 0.15) is 19.8 Å². The number of hydrogen-bond acceptors (Lipinski definition) is 6. The molecule has 7 heteroatoms. The molecule has 1 amide bonds. The molecule has 1 aromatic rings. The number of carbonyl (C=O) groups is 1. The Morgan fingerprint density at radius 1 is 1.59 bits per heavy atom. The summed E-state index contributed by atoms with van der Waals surface area (Å²) in [6, 6.07) is 0. The Kier molecular flexibility index (Phi) is 3.78. The van der Waals surface area contributed by atoms with E-state index in [0.29, 0.717) is 11.9 Å². The second kappa shape index (κ2) is 5.31. The van der Waals surface area contributed by atoms with E-state index in [0.717, 1.165) is 37.6 Å². The normalized spacial score (nSPS) is 17.1. The van der Waals surface area contributed by atoms with Gasteiger partial charge < -0.3 is 16.0 Å². The third-order valence-electron chi connectivity index (χ3n) is 2.96. The molecular formula is C10H17N5OS. The molecule has 6 nitrogen and oxygen atoms in total. The third-order valence-corrected chi connectivity index (χ3v) is 3.75. The number of anilines is 2.